The van der Waals surface area contributed by atoms with E-state index < -0.39 is 16.2 Å². The van der Waals surface area contributed by atoms with Crippen LogP contribution in [-0.2, 0) is 0 Å². The molecule has 3 aromatic carbocycles. The van der Waals surface area contributed by atoms with E-state index in [1.807, 2.05) is 6.07 Å². The monoisotopic (exact) mass is 399 g/mol. The number of ketones is 1. The summed E-state index contributed by atoms with van der Waals surface area (Å²) in [7, 11) is 0. The standard InChI is InChI=1S/C23H17N3O4/c1-15(27)16-8-7-9-17(14-16)24-21-19-12-5-6-13-20(19)25(18-10-3-2-4-11-18)23(28)22(21)26(29)30/h2-14,24H,1H3. The molecule has 30 heavy (non-hydrogen) atoms. The maximum absolute atomic E-state index is 13.2. The molecule has 148 valence electrons. The number of para-hydroxylation sites is 2. The molecule has 0 fully saturated rings. The molecular weight excluding hydrogens is 382 g/mol. The van der Waals surface area contributed by atoms with Crippen LogP contribution in [0.2, 0.25) is 0 Å². The molecule has 0 amide bonds. The molecule has 4 aromatic rings. The van der Waals surface area contributed by atoms with Crippen LogP contribution in [-0.4, -0.2) is 15.3 Å². The van der Waals surface area contributed by atoms with Crippen LogP contribution in [0.25, 0.3) is 16.6 Å². The Hall–Kier alpha value is -4.26. The van der Waals surface area contributed by atoms with Gasteiger partial charge in [0.2, 0.25) is 0 Å². The van der Waals surface area contributed by atoms with Gasteiger partial charge in [-0.3, -0.25) is 24.3 Å². The van der Waals surface area contributed by atoms with Crippen molar-refractivity contribution in [3.63, 3.8) is 0 Å². The highest BCUT2D eigenvalue weighted by atomic mass is 16.6. The summed E-state index contributed by atoms with van der Waals surface area (Å²) in [6.07, 6.45) is 0. The smallest absolute Gasteiger partial charge is 0.349 e. The Morgan fingerprint density at radius 3 is 2.37 bits per heavy atom. The summed E-state index contributed by atoms with van der Waals surface area (Å²) in [6, 6.07) is 22.4. The molecular formula is C23H17N3O4. The lowest BCUT2D eigenvalue weighted by Crippen LogP contribution is -2.23. The Morgan fingerprint density at radius 1 is 0.967 bits per heavy atom. The van der Waals surface area contributed by atoms with E-state index in [1.165, 1.54) is 11.5 Å². The van der Waals surface area contributed by atoms with Crippen LogP contribution in [0.3, 0.4) is 0 Å². The lowest BCUT2D eigenvalue weighted by molar-refractivity contribution is -0.385. The van der Waals surface area contributed by atoms with E-state index >= 15 is 0 Å². The summed E-state index contributed by atoms with van der Waals surface area (Å²) in [6.45, 7) is 1.44. The summed E-state index contributed by atoms with van der Waals surface area (Å²) in [5.41, 5.74) is 0.795. The number of nitro groups is 1. The molecule has 1 N–H and O–H groups in total. The second-order valence-electron chi connectivity index (χ2n) is 6.74. The number of carbonyl (C=O) groups excluding carboxylic acids is 1. The van der Waals surface area contributed by atoms with Crippen molar-refractivity contribution >= 4 is 33.7 Å². The van der Waals surface area contributed by atoms with Crippen molar-refractivity contribution in [3.05, 3.63) is 105 Å². The highest BCUT2D eigenvalue weighted by Crippen LogP contribution is 2.34. The number of rotatable bonds is 5. The molecule has 1 heterocycles. The minimum absolute atomic E-state index is 0.0912. The van der Waals surface area contributed by atoms with Gasteiger partial charge in [-0.2, -0.15) is 0 Å². The summed E-state index contributed by atoms with van der Waals surface area (Å²) in [4.78, 5) is 36.2. The highest BCUT2D eigenvalue weighted by Gasteiger charge is 2.26. The molecule has 0 aliphatic carbocycles. The summed E-state index contributed by atoms with van der Waals surface area (Å²) in [5, 5.41) is 15.5. The van der Waals surface area contributed by atoms with Gasteiger partial charge in [-0.25, -0.2) is 0 Å². The second-order valence-corrected chi connectivity index (χ2v) is 6.74. The second kappa shape index (κ2) is 7.63. The van der Waals surface area contributed by atoms with Gasteiger partial charge >= 0.3 is 11.2 Å². The summed E-state index contributed by atoms with van der Waals surface area (Å²) in [5.74, 6) is -0.127. The first-order valence-corrected chi connectivity index (χ1v) is 9.23. The number of hydrogen-bond acceptors (Lipinski definition) is 5. The van der Waals surface area contributed by atoms with Crippen LogP contribution in [0.1, 0.15) is 17.3 Å². The maximum atomic E-state index is 13.2. The zero-order chi connectivity index (χ0) is 21.3. The third-order valence-electron chi connectivity index (χ3n) is 4.79. The van der Waals surface area contributed by atoms with Gasteiger partial charge < -0.3 is 5.32 Å². The molecule has 0 saturated heterocycles. The Morgan fingerprint density at radius 2 is 1.67 bits per heavy atom. The molecule has 4 rings (SSSR count). The number of fused-ring (bicyclic) bond motifs is 1. The lowest BCUT2D eigenvalue weighted by Gasteiger charge is -2.15. The van der Waals surface area contributed by atoms with Gasteiger partial charge in [-0.05, 0) is 37.3 Å². The molecule has 0 saturated carbocycles. The number of nitrogens with one attached hydrogen (secondary N) is 1. The van der Waals surface area contributed by atoms with Gasteiger partial charge in [0, 0.05) is 22.3 Å². The van der Waals surface area contributed by atoms with Crippen molar-refractivity contribution in [2.24, 2.45) is 0 Å². The van der Waals surface area contributed by atoms with E-state index in [1.54, 1.807) is 72.8 Å². The Labute approximate surface area is 171 Å². The number of benzene rings is 3. The third kappa shape index (κ3) is 3.33. The van der Waals surface area contributed by atoms with E-state index in [2.05, 4.69) is 5.32 Å². The summed E-state index contributed by atoms with van der Waals surface area (Å²) < 4.78 is 1.34. The predicted molar refractivity (Wildman–Crippen MR) is 116 cm³/mol. The van der Waals surface area contributed by atoms with Crippen molar-refractivity contribution in [2.75, 3.05) is 5.32 Å². The molecule has 0 bridgehead atoms. The fourth-order valence-electron chi connectivity index (χ4n) is 3.42. The SMILES string of the molecule is CC(=O)c1cccc(Nc2c([N+](=O)[O-])c(=O)n(-c3ccccc3)c3ccccc23)c1. The Bertz CT molecular complexity index is 1340. The van der Waals surface area contributed by atoms with Crippen molar-refractivity contribution in [1.82, 2.24) is 4.57 Å². The zero-order valence-corrected chi connectivity index (χ0v) is 16.0. The lowest BCUT2D eigenvalue weighted by atomic mass is 10.1. The normalized spacial score (nSPS) is 10.7. The average Bonchev–Trinajstić information content (AvgIpc) is 2.74. The molecule has 0 spiro atoms. The van der Waals surface area contributed by atoms with Crippen molar-refractivity contribution in [3.8, 4) is 5.69 Å². The van der Waals surface area contributed by atoms with E-state index in [4.69, 9.17) is 0 Å². The minimum Gasteiger partial charge on any atom is -0.349 e. The van der Waals surface area contributed by atoms with Crippen LogP contribution < -0.4 is 10.9 Å². The topological polar surface area (TPSA) is 94.2 Å². The first kappa shape index (κ1) is 19.1. The number of hydrogen-bond donors (Lipinski definition) is 1. The van der Waals surface area contributed by atoms with Crippen LogP contribution >= 0.6 is 0 Å². The Balaban J connectivity index is 2.02. The number of carbonyl (C=O) groups is 1. The van der Waals surface area contributed by atoms with Crippen molar-refractivity contribution < 1.29 is 9.72 Å². The zero-order valence-electron chi connectivity index (χ0n) is 16.0. The van der Waals surface area contributed by atoms with E-state index in [-0.39, 0.29) is 11.5 Å². The fraction of sp³-hybridized carbons (Fsp3) is 0.0435. The van der Waals surface area contributed by atoms with Gasteiger partial charge in [0.05, 0.1) is 10.4 Å². The molecule has 0 aliphatic heterocycles. The van der Waals surface area contributed by atoms with Gasteiger partial charge in [0.25, 0.3) is 0 Å². The predicted octanol–water partition coefficient (Wildman–Crippen LogP) is 4.85. The molecule has 0 atom stereocenters. The van der Waals surface area contributed by atoms with Crippen molar-refractivity contribution in [1.29, 1.82) is 0 Å². The molecule has 1 aromatic heterocycles. The number of Topliss-reactive ketones (excluding diaryl/α,β-unsaturated/α-hetero) is 1. The van der Waals surface area contributed by atoms with E-state index in [0.29, 0.717) is 27.8 Å². The highest BCUT2D eigenvalue weighted by molar-refractivity contribution is 5.99. The van der Waals surface area contributed by atoms with Gasteiger partial charge in [0.15, 0.2) is 5.78 Å². The van der Waals surface area contributed by atoms with Gasteiger partial charge in [-0.1, -0.05) is 48.5 Å². The number of aromatic nitrogens is 1. The maximum Gasteiger partial charge on any atom is 0.358 e. The minimum atomic E-state index is -0.741. The van der Waals surface area contributed by atoms with E-state index in [0.717, 1.165) is 0 Å². The molecule has 0 unspecified atom stereocenters. The van der Waals surface area contributed by atoms with Crippen LogP contribution in [0.5, 0.6) is 0 Å². The van der Waals surface area contributed by atoms with Crippen molar-refractivity contribution in [2.45, 2.75) is 6.92 Å². The first-order valence-electron chi connectivity index (χ1n) is 9.23. The number of nitrogens with zero attached hydrogens (tertiary/aromatic N) is 2. The molecule has 0 radical (unpaired) electrons. The third-order valence-corrected chi connectivity index (χ3v) is 4.79. The van der Waals surface area contributed by atoms with Gasteiger partial charge in [-0.15, -0.1) is 0 Å². The van der Waals surface area contributed by atoms with E-state index in [9.17, 15) is 19.7 Å². The van der Waals surface area contributed by atoms with Crippen LogP contribution in [0.4, 0.5) is 17.1 Å². The molecule has 0 aliphatic rings. The fourth-order valence-corrected chi connectivity index (χ4v) is 3.42. The van der Waals surface area contributed by atoms with Crippen LogP contribution in [0.15, 0.2) is 83.7 Å². The van der Waals surface area contributed by atoms with Crippen LogP contribution in [0, 0.1) is 10.1 Å². The largest absolute Gasteiger partial charge is 0.358 e. The first-order chi connectivity index (χ1) is 14.5. The Kier molecular flexibility index (Phi) is 4.85. The quantitative estimate of drug-likeness (QED) is 0.294. The molecule has 7 nitrogen and oxygen atoms in total. The van der Waals surface area contributed by atoms with Gasteiger partial charge in [0.1, 0.15) is 5.69 Å². The average molecular weight is 399 g/mol. The summed E-state index contributed by atoms with van der Waals surface area (Å²) >= 11 is 0. The number of anilines is 2. The number of pyridine rings is 1. The molecule has 7 heteroatoms.